The molecule has 0 saturated carbocycles. The van der Waals surface area contributed by atoms with Crippen LogP contribution in [0.25, 0.3) is 0 Å². The lowest BCUT2D eigenvalue weighted by Gasteiger charge is -2.04. The summed E-state index contributed by atoms with van der Waals surface area (Å²) in [7, 11) is 0. The van der Waals surface area contributed by atoms with Crippen LogP contribution in [0.3, 0.4) is 0 Å². The Labute approximate surface area is 71.5 Å². The molecular weight excluding hydrogens is 154 g/mol. The molecule has 0 aromatic heterocycles. The van der Waals surface area contributed by atoms with Crippen molar-refractivity contribution in [2.75, 3.05) is 6.26 Å². The van der Waals surface area contributed by atoms with Gasteiger partial charge in [0.05, 0.1) is 5.69 Å². The normalized spacial score (nSPS) is 9.64. The summed E-state index contributed by atoms with van der Waals surface area (Å²) in [5.74, 6) is 0. The van der Waals surface area contributed by atoms with Crippen LogP contribution >= 0.6 is 11.8 Å². The Hall–Kier alpha value is -0.760. The number of benzene rings is 1. The molecule has 11 heavy (non-hydrogen) atoms. The Morgan fingerprint density at radius 2 is 2.18 bits per heavy atom. The second-order valence-electron chi connectivity index (χ2n) is 2.29. The SMILES string of the molecule is C=Nc1cccc(C)c1SC. The highest BCUT2D eigenvalue weighted by atomic mass is 32.2. The first-order valence-corrected chi connectivity index (χ1v) is 4.62. The molecule has 0 saturated heterocycles. The van der Waals surface area contributed by atoms with Crippen molar-refractivity contribution in [3.8, 4) is 0 Å². The van der Waals surface area contributed by atoms with Gasteiger partial charge in [0.25, 0.3) is 0 Å². The van der Waals surface area contributed by atoms with Gasteiger partial charge in [0.2, 0.25) is 0 Å². The van der Waals surface area contributed by atoms with Crippen LogP contribution in [0.5, 0.6) is 0 Å². The smallest absolute Gasteiger partial charge is 0.0760 e. The largest absolute Gasteiger partial charge is 0.263 e. The van der Waals surface area contributed by atoms with E-state index < -0.39 is 0 Å². The molecular formula is C9H11NS. The van der Waals surface area contributed by atoms with Crippen molar-refractivity contribution in [2.45, 2.75) is 11.8 Å². The molecule has 1 rings (SSSR count). The van der Waals surface area contributed by atoms with Gasteiger partial charge in [-0.15, -0.1) is 11.8 Å². The highest BCUT2D eigenvalue weighted by Crippen LogP contribution is 2.30. The molecule has 0 radical (unpaired) electrons. The average molecular weight is 165 g/mol. The minimum absolute atomic E-state index is 0.984. The maximum Gasteiger partial charge on any atom is 0.0760 e. The van der Waals surface area contributed by atoms with Crippen molar-refractivity contribution >= 4 is 24.2 Å². The zero-order chi connectivity index (χ0) is 8.27. The maximum atomic E-state index is 3.93. The molecule has 0 atom stereocenters. The minimum atomic E-state index is 0.984. The maximum absolute atomic E-state index is 3.93. The standard InChI is InChI=1S/C9H11NS/c1-7-5-4-6-8(10-2)9(7)11-3/h4-6H,2H2,1,3H3. The monoisotopic (exact) mass is 165 g/mol. The highest BCUT2D eigenvalue weighted by molar-refractivity contribution is 7.98. The predicted molar refractivity (Wildman–Crippen MR) is 52.2 cm³/mol. The second kappa shape index (κ2) is 3.58. The first-order valence-electron chi connectivity index (χ1n) is 3.40. The molecule has 0 heterocycles. The van der Waals surface area contributed by atoms with E-state index in [2.05, 4.69) is 31.0 Å². The van der Waals surface area contributed by atoms with Crippen LogP contribution in [0.1, 0.15) is 5.56 Å². The van der Waals surface area contributed by atoms with Gasteiger partial charge in [-0.1, -0.05) is 12.1 Å². The fourth-order valence-electron chi connectivity index (χ4n) is 1.03. The van der Waals surface area contributed by atoms with Gasteiger partial charge in [-0.3, -0.25) is 4.99 Å². The van der Waals surface area contributed by atoms with Crippen LogP contribution in [0, 0.1) is 6.92 Å². The number of rotatable bonds is 2. The summed E-state index contributed by atoms with van der Waals surface area (Å²) in [4.78, 5) is 5.16. The molecule has 0 aliphatic heterocycles. The molecule has 2 heteroatoms. The fraction of sp³-hybridized carbons (Fsp3) is 0.222. The third kappa shape index (κ3) is 1.63. The summed E-state index contributed by atoms with van der Waals surface area (Å²) in [6.07, 6.45) is 2.05. The Morgan fingerprint density at radius 1 is 1.45 bits per heavy atom. The lowest BCUT2D eigenvalue weighted by Crippen LogP contribution is -1.77. The van der Waals surface area contributed by atoms with Crippen molar-refractivity contribution in [3.63, 3.8) is 0 Å². The molecule has 0 N–H and O–H groups in total. The topological polar surface area (TPSA) is 12.4 Å². The van der Waals surface area contributed by atoms with Gasteiger partial charge in [0.15, 0.2) is 0 Å². The predicted octanol–water partition coefficient (Wildman–Crippen LogP) is 3.05. The van der Waals surface area contributed by atoms with Crippen LogP contribution in [-0.4, -0.2) is 13.0 Å². The third-order valence-corrected chi connectivity index (χ3v) is 2.50. The number of nitrogens with zero attached hydrogens (tertiary/aromatic N) is 1. The van der Waals surface area contributed by atoms with Crippen molar-refractivity contribution in [1.29, 1.82) is 0 Å². The molecule has 1 aromatic carbocycles. The number of thioether (sulfide) groups is 1. The first kappa shape index (κ1) is 8.34. The lowest BCUT2D eigenvalue weighted by molar-refractivity contribution is 1.28. The van der Waals surface area contributed by atoms with Gasteiger partial charge in [0.1, 0.15) is 0 Å². The average Bonchev–Trinajstić information content (AvgIpc) is 2.04. The van der Waals surface area contributed by atoms with Gasteiger partial charge in [-0.2, -0.15) is 0 Å². The van der Waals surface area contributed by atoms with Crippen LogP contribution in [0.4, 0.5) is 5.69 Å². The van der Waals surface area contributed by atoms with E-state index in [4.69, 9.17) is 0 Å². The molecule has 0 unspecified atom stereocenters. The molecule has 1 aromatic rings. The summed E-state index contributed by atoms with van der Waals surface area (Å²) < 4.78 is 0. The van der Waals surface area contributed by atoms with Gasteiger partial charge in [0, 0.05) is 4.90 Å². The number of aliphatic imine (C=N–C) groups is 1. The Kier molecular flexibility index (Phi) is 2.71. The van der Waals surface area contributed by atoms with E-state index in [0.717, 1.165) is 5.69 Å². The highest BCUT2D eigenvalue weighted by Gasteiger charge is 2.00. The number of hydrogen-bond donors (Lipinski definition) is 0. The molecule has 0 amide bonds. The van der Waals surface area contributed by atoms with Crippen molar-refractivity contribution in [3.05, 3.63) is 23.8 Å². The van der Waals surface area contributed by atoms with Crippen LogP contribution in [-0.2, 0) is 0 Å². The van der Waals surface area contributed by atoms with Gasteiger partial charge < -0.3 is 0 Å². The van der Waals surface area contributed by atoms with E-state index >= 15 is 0 Å². The van der Waals surface area contributed by atoms with Gasteiger partial charge in [-0.05, 0) is 31.5 Å². The molecule has 0 bridgehead atoms. The Balaban J connectivity index is 3.23. The number of aryl methyl sites for hydroxylation is 1. The molecule has 0 spiro atoms. The summed E-state index contributed by atoms with van der Waals surface area (Å²) in [6.45, 7) is 5.60. The van der Waals surface area contributed by atoms with E-state index in [-0.39, 0.29) is 0 Å². The van der Waals surface area contributed by atoms with Gasteiger partial charge >= 0.3 is 0 Å². The summed E-state index contributed by atoms with van der Waals surface area (Å²) in [5.41, 5.74) is 2.25. The van der Waals surface area contributed by atoms with Crippen molar-refractivity contribution in [2.24, 2.45) is 4.99 Å². The molecule has 0 fully saturated rings. The Morgan fingerprint density at radius 3 is 2.64 bits per heavy atom. The van der Waals surface area contributed by atoms with Crippen LogP contribution in [0.15, 0.2) is 28.1 Å². The zero-order valence-electron chi connectivity index (χ0n) is 6.79. The van der Waals surface area contributed by atoms with Crippen LogP contribution in [0.2, 0.25) is 0 Å². The first-order chi connectivity index (χ1) is 5.29. The number of hydrogen-bond acceptors (Lipinski definition) is 2. The quantitative estimate of drug-likeness (QED) is 0.484. The third-order valence-electron chi connectivity index (χ3n) is 1.57. The summed E-state index contributed by atoms with van der Waals surface area (Å²) >= 11 is 1.71. The molecule has 0 aliphatic rings. The zero-order valence-corrected chi connectivity index (χ0v) is 7.61. The molecule has 58 valence electrons. The summed E-state index contributed by atoms with van der Waals surface area (Å²) in [6, 6.07) is 6.06. The lowest BCUT2D eigenvalue weighted by atomic mass is 10.2. The van der Waals surface area contributed by atoms with E-state index in [9.17, 15) is 0 Å². The summed E-state index contributed by atoms with van der Waals surface area (Å²) in [5, 5.41) is 0. The molecule has 0 aliphatic carbocycles. The van der Waals surface area contributed by atoms with Gasteiger partial charge in [-0.25, -0.2) is 0 Å². The van der Waals surface area contributed by atoms with E-state index in [0.29, 0.717) is 0 Å². The second-order valence-corrected chi connectivity index (χ2v) is 3.10. The van der Waals surface area contributed by atoms with Crippen LogP contribution < -0.4 is 0 Å². The van der Waals surface area contributed by atoms with Crippen molar-refractivity contribution in [1.82, 2.24) is 0 Å². The van der Waals surface area contributed by atoms with E-state index in [1.165, 1.54) is 10.5 Å². The Bertz CT molecular complexity index is 268. The van der Waals surface area contributed by atoms with E-state index in [1.54, 1.807) is 11.8 Å². The fourth-order valence-corrected chi connectivity index (χ4v) is 1.76. The van der Waals surface area contributed by atoms with E-state index in [1.807, 2.05) is 12.1 Å². The van der Waals surface area contributed by atoms with Crippen molar-refractivity contribution < 1.29 is 0 Å². The minimum Gasteiger partial charge on any atom is -0.263 e. The molecule has 1 nitrogen and oxygen atoms in total.